The molecule has 0 radical (unpaired) electrons. The normalized spacial score (nSPS) is 11.4. The van der Waals surface area contributed by atoms with E-state index in [-0.39, 0.29) is 12.6 Å². The van der Waals surface area contributed by atoms with Crippen LogP contribution in [0.25, 0.3) is 43.1 Å². The SMILES string of the molecule is O=C(OCc1ccc2c(ccc3ccccc32)c1)c1cccc2c1ccc1ccccc12. The number of fused-ring (bicyclic) bond motifs is 6. The summed E-state index contributed by atoms with van der Waals surface area (Å²) in [7, 11) is 0. The minimum atomic E-state index is -0.301. The molecular formula is C30H20O2. The van der Waals surface area contributed by atoms with Crippen molar-refractivity contribution in [2.45, 2.75) is 6.61 Å². The lowest BCUT2D eigenvalue weighted by Gasteiger charge is -2.10. The molecule has 0 N–H and O–H groups in total. The van der Waals surface area contributed by atoms with Crippen molar-refractivity contribution < 1.29 is 9.53 Å². The van der Waals surface area contributed by atoms with Gasteiger partial charge in [-0.3, -0.25) is 0 Å². The van der Waals surface area contributed by atoms with Gasteiger partial charge in [0.15, 0.2) is 0 Å². The zero-order chi connectivity index (χ0) is 21.5. The van der Waals surface area contributed by atoms with Crippen LogP contribution in [-0.2, 0) is 11.3 Å². The summed E-state index contributed by atoms with van der Waals surface area (Å²) in [5.41, 5.74) is 1.58. The molecule has 6 aromatic rings. The number of hydrogen-bond acceptors (Lipinski definition) is 2. The monoisotopic (exact) mass is 412 g/mol. The van der Waals surface area contributed by atoms with Crippen LogP contribution in [0, 0.1) is 0 Å². The second-order valence-corrected chi connectivity index (χ2v) is 8.11. The van der Waals surface area contributed by atoms with Crippen LogP contribution in [-0.4, -0.2) is 5.97 Å². The number of carbonyl (C=O) groups is 1. The highest BCUT2D eigenvalue weighted by Crippen LogP contribution is 2.29. The number of esters is 1. The van der Waals surface area contributed by atoms with E-state index >= 15 is 0 Å². The Bertz CT molecular complexity index is 1650. The Kier molecular flexibility index (Phi) is 4.36. The van der Waals surface area contributed by atoms with Crippen molar-refractivity contribution in [2.75, 3.05) is 0 Å². The molecule has 32 heavy (non-hydrogen) atoms. The van der Waals surface area contributed by atoms with Gasteiger partial charge in [0.25, 0.3) is 0 Å². The average molecular weight is 412 g/mol. The van der Waals surface area contributed by atoms with Gasteiger partial charge in [-0.05, 0) is 60.8 Å². The Hall–Kier alpha value is -4.17. The molecule has 0 unspecified atom stereocenters. The maximum Gasteiger partial charge on any atom is 0.339 e. The molecule has 0 heterocycles. The van der Waals surface area contributed by atoms with Crippen LogP contribution in [0.15, 0.2) is 109 Å². The molecule has 0 atom stereocenters. The lowest BCUT2D eigenvalue weighted by atomic mass is 9.98. The van der Waals surface area contributed by atoms with Crippen molar-refractivity contribution in [3.63, 3.8) is 0 Å². The quantitative estimate of drug-likeness (QED) is 0.220. The molecule has 0 spiro atoms. The molecule has 0 saturated carbocycles. The number of hydrogen-bond donors (Lipinski definition) is 0. The Morgan fingerprint density at radius 2 is 1.12 bits per heavy atom. The van der Waals surface area contributed by atoms with E-state index in [4.69, 9.17) is 4.74 Å². The molecule has 152 valence electrons. The Morgan fingerprint density at radius 3 is 1.94 bits per heavy atom. The van der Waals surface area contributed by atoms with E-state index in [1.54, 1.807) is 0 Å². The van der Waals surface area contributed by atoms with E-state index in [9.17, 15) is 4.79 Å². The van der Waals surface area contributed by atoms with Crippen molar-refractivity contribution in [3.05, 3.63) is 120 Å². The van der Waals surface area contributed by atoms with E-state index in [1.165, 1.54) is 16.2 Å². The predicted molar refractivity (Wildman–Crippen MR) is 132 cm³/mol. The molecule has 0 fully saturated rings. The second-order valence-electron chi connectivity index (χ2n) is 8.11. The Labute approximate surface area is 185 Å². The van der Waals surface area contributed by atoms with Gasteiger partial charge >= 0.3 is 5.97 Å². The highest BCUT2D eigenvalue weighted by molar-refractivity contribution is 6.14. The molecule has 0 aromatic heterocycles. The van der Waals surface area contributed by atoms with E-state index in [0.717, 1.165) is 32.5 Å². The highest BCUT2D eigenvalue weighted by Gasteiger charge is 2.13. The van der Waals surface area contributed by atoms with E-state index in [1.807, 2.05) is 36.4 Å². The van der Waals surface area contributed by atoms with Crippen LogP contribution in [0.5, 0.6) is 0 Å². The zero-order valence-electron chi connectivity index (χ0n) is 17.4. The minimum Gasteiger partial charge on any atom is -0.457 e. The summed E-state index contributed by atoms with van der Waals surface area (Å²) in [5.74, 6) is -0.301. The van der Waals surface area contributed by atoms with Crippen LogP contribution >= 0.6 is 0 Å². The van der Waals surface area contributed by atoms with Crippen LogP contribution in [0.3, 0.4) is 0 Å². The van der Waals surface area contributed by atoms with Crippen LogP contribution in [0.4, 0.5) is 0 Å². The summed E-state index contributed by atoms with van der Waals surface area (Å²) in [6.45, 7) is 0.242. The molecule has 6 aromatic carbocycles. The molecule has 0 saturated heterocycles. The lowest BCUT2D eigenvalue weighted by Crippen LogP contribution is -2.06. The van der Waals surface area contributed by atoms with Gasteiger partial charge in [-0.1, -0.05) is 97.1 Å². The van der Waals surface area contributed by atoms with Crippen molar-refractivity contribution in [1.29, 1.82) is 0 Å². The van der Waals surface area contributed by atoms with Crippen molar-refractivity contribution >= 4 is 49.1 Å². The Morgan fingerprint density at radius 1 is 0.531 bits per heavy atom. The van der Waals surface area contributed by atoms with Gasteiger partial charge < -0.3 is 4.74 Å². The van der Waals surface area contributed by atoms with Gasteiger partial charge in [0.2, 0.25) is 0 Å². The van der Waals surface area contributed by atoms with Gasteiger partial charge in [-0.25, -0.2) is 4.79 Å². The second kappa shape index (κ2) is 7.51. The molecule has 0 aliphatic carbocycles. The summed E-state index contributed by atoms with van der Waals surface area (Å²) in [6.07, 6.45) is 0. The highest BCUT2D eigenvalue weighted by atomic mass is 16.5. The molecule has 6 rings (SSSR count). The smallest absolute Gasteiger partial charge is 0.339 e. The zero-order valence-corrected chi connectivity index (χ0v) is 17.4. The maximum atomic E-state index is 13.0. The van der Waals surface area contributed by atoms with Crippen LogP contribution in [0.2, 0.25) is 0 Å². The summed E-state index contributed by atoms with van der Waals surface area (Å²) < 4.78 is 5.73. The molecule has 0 aliphatic rings. The molecule has 0 bridgehead atoms. The Balaban J connectivity index is 1.31. The minimum absolute atomic E-state index is 0.242. The van der Waals surface area contributed by atoms with Gasteiger partial charge in [0.1, 0.15) is 6.61 Å². The first-order valence-electron chi connectivity index (χ1n) is 10.8. The summed E-state index contributed by atoms with van der Waals surface area (Å²) in [6, 6.07) is 37.0. The molecule has 2 heteroatoms. The van der Waals surface area contributed by atoms with Gasteiger partial charge in [-0.15, -0.1) is 0 Å². The maximum absolute atomic E-state index is 13.0. The van der Waals surface area contributed by atoms with Crippen molar-refractivity contribution in [1.82, 2.24) is 0 Å². The third-order valence-corrected chi connectivity index (χ3v) is 6.19. The first-order valence-corrected chi connectivity index (χ1v) is 10.8. The van der Waals surface area contributed by atoms with Gasteiger partial charge in [0.05, 0.1) is 5.56 Å². The number of rotatable bonds is 3. The third-order valence-electron chi connectivity index (χ3n) is 6.19. The fraction of sp³-hybridized carbons (Fsp3) is 0.0333. The standard InChI is InChI=1S/C30H20O2/c31-30(29-11-5-10-27-25-9-4-2-7-22(25)15-17-28(27)29)32-19-20-12-16-26-23(18-20)14-13-21-6-1-3-8-24(21)26/h1-18H,19H2. The topological polar surface area (TPSA) is 26.3 Å². The predicted octanol–water partition coefficient (Wildman–Crippen LogP) is 7.66. The van der Waals surface area contributed by atoms with E-state index in [2.05, 4.69) is 72.8 Å². The molecule has 0 amide bonds. The summed E-state index contributed by atoms with van der Waals surface area (Å²) in [4.78, 5) is 13.0. The molecular weight excluding hydrogens is 392 g/mol. The van der Waals surface area contributed by atoms with E-state index < -0.39 is 0 Å². The number of benzene rings is 6. The lowest BCUT2D eigenvalue weighted by molar-refractivity contribution is 0.0475. The number of ether oxygens (including phenoxy) is 1. The first kappa shape index (κ1) is 18.6. The van der Waals surface area contributed by atoms with Crippen LogP contribution < -0.4 is 0 Å². The number of carbonyl (C=O) groups excluding carboxylic acids is 1. The third kappa shape index (κ3) is 3.09. The summed E-state index contributed by atoms with van der Waals surface area (Å²) >= 11 is 0. The fourth-order valence-corrected chi connectivity index (χ4v) is 4.60. The van der Waals surface area contributed by atoms with Crippen molar-refractivity contribution in [2.24, 2.45) is 0 Å². The summed E-state index contributed by atoms with van der Waals surface area (Å²) in [5, 5.41) is 9.10. The fourth-order valence-electron chi connectivity index (χ4n) is 4.60. The largest absolute Gasteiger partial charge is 0.457 e. The van der Waals surface area contributed by atoms with E-state index in [0.29, 0.717) is 5.56 Å². The average Bonchev–Trinajstić information content (AvgIpc) is 2.86. The first-order chi connectivity index (χ1) is 15.8. The molecule has 0 aliphatic heterocycles. The van der Waals surface area contributed by atoms with Gasteiger partial charge in [0, 0.05) is 0 Å². The van der Waals surface area contributed by atoms with Gasteiger partial charge in [-0.2, -0.15) is 0 Å². The van der Waals surface area contributed by atoms with Crippen molar-refractivity contribution in [3.8, 4) is 0 Å². The van der Waals surface area contributed by atoms with Crippen LogP contribution in [0.1, 0.15) is 15.9 Å². The molecule has 2 nitrogen and oxygen atoms in total.